The van der Waals surface area contributed by atoms with Crippen molar-refractivity contribution in [1.82, 2.24) is 10.2 Å². The van der Waals surface area contributed by atoms with Crippen molar-refractivity contribution in [3.8, 4) is 0 Å². The van der Waals surface area contributed by atoms with Crippen LogP contribution in [-0.4, -0.2) is 55.6 Å². The number of nitrogens with zero attached hydrogens (tertiary/aromatic N) is 1. The molecule has 0 aromatic rings. The second-order valence-electron chi connectivity index (χ2n) is 5.92. The molecule has 21 heavy (non-hydrogen) atoms. The van der Waals surface area contributed by atoms with E-state index in [0.29, 0.717) is 26.2 Å². The minimum atomic E-state index is -0.100. The molecular formula is C15H27N3O3. The summed E-state index contributed by atoms with van der Waals surface area (Å²) in [5.74, 6) is 0.0563. The monoisotopic (exact) mass is 297 g/mol. The molecule has 0 spiro atoms. The van der Waals surface area contributed by atoms with Gasteiger partial charge in [-0.15, -0.1) is 0 Å². The quantitative estimate of drug-likeness (QED) is 0.754. The first-order chi connectivity index (χ1) is 10.2. The number of ether oxygens (including phenoxy) is 1. The molecule has 2 aliphatic rings. The minimum absolute atomic E-state index is 0.0210. The molecule has 3 unspecified atom stereocenters. The molecule has 0 aromatic heterocycles. The molecule has 0 radical (unpaired) electrons. The van der Waals surface area contributed by atoms with E-state index in [1.54, 1.807) is 0 Å². The molecule has 2 amide bonds. The van der Waals surface area contributed by atoms with Gasteiger partial charge >= 0.3 is 0 Å². The zero-order chi connectivity index (χ0) is 15.2. The number of amides is 2. The Bertz CT molecular complexity index is 375. The van der Waals surface area contributed by atoms with Gasteiger partial charge in [-0.1, -0.05) is 6.92 Å². The van der Waals surface area contributed by atoms with Gasteiger partial charge in [-0.05, 0) is 25.7 Å². The fourth-order valence-corrected chi connectivity index (χ4v) is 3.30. The lowest BCUT2D eigenvalue weighted by Crippen LogP contribution is -2.48. The highest BCUT2D eigenvalue weighted by atomic mass is 16.5. The van der Waals surface area contributed by atoms with Crippen LogP contribution in [0.5, 0.6) is 0 Å². The summed E-state index contributed by atoms with van der Waals surface area (Å²) in [6, 6.07) is 0. The molecule has 0 bridgehead atoms. The van der Waals surface area contributed by atoms with Crippen LogP contribution in [0.2, 0.25) is 0 Å². The topological polar surface area (TPSA) is 84.7 Å². The van der Waals surface area contributed by atoms with E-state index in [0.717, 1.165) is 32.2 Å². The summed E-state index contributed by atoms with van der Waals surface area (Å²) in [5.41, 5.74) is 5.40. The predicted octanol–water partition coefficient (Wildman–Crippen LogP) is 0.115. The molecule has 2 fully saturated rings. The number of nitrogens with two attached hydrogens (primary N) is 1. The van der Waals surface area contributed by atoms with Crippen LogP contribution >= 0.6 is 0 Å². The fourth-order valence-electron chi connectivity index (χ4n) is 3.30. The van der Waals surface area contributed by atoms with E-state index < -0.39 is 0 Å². The molecule has 2 heterocycles. The smallest absolute Gasteiger partial charge is 0.228 e. The van der Waals surface area contributed by atoms with Crippen LogP contribution in [0.25, 0.3) is 0 Å². The lowest BCUT2D eigenvalue weighted by Gasteiger charge is -2.34. The average Bonchev–Trinajstić information content (AvgIpc) is 3.00. The largest absolute Gasteiger partial charge is 0.377 e. The van der Waals surface area contributed by atoms with E-state index >= 15 is 0 Å². The van der Waals surface area contributed by atoms with Crippen molar-refractivity contribution in [1.29, 1.82) is 0 Å². The third-order valence-corrected chi connectivity index (χ3v) is 4.48. The van der Waals surface area contributed by atoms with Gasteiger partial charge in [0.1, 0.15) is 0 Å². The second-order valence-corrected chi connectivity index (χ2v) is 5.92. The number of piperidine rings is 1. The van der Waals surface area contributed by atoms with Crippen molar-refractivity contribution in [3.63, 3.8) is 0 Å². The number of carbonyl (C=O) groups is 2. The zero-order valence-corrected chi connectivity index (χ0v) is 12.8. The summed E-state index contributed by atoms with van der Waals surface area (Å²) in [4.78, 5) is 26.5. The van der Waals surface area contributed by atoms with Gasteiger partial charge in [0.15, 0.2) is 0 Å². The maximum atomic E-state index is 12.6. The molecular weight excluding hydrogens is 270 g/mol. The SMILES string of the molecule is CCC1OCCC1C(=O)N1CCCC(C(=O)NCCN)C1. The van der Waals surface area contributed by atoms with Crippen molar-refractivity contribution >= 4 is 11.8 Å². The number of rotatable bonds is 5. The Kier molecular flexibility index (Phi) is 5.99. The van der Waals surface area contributed by atoms with E-state index in [9.17, 15) is 9.59 Å². The Morgan fingerprint density at radius 1 is 1.38 bits per heavy atom. The Labute approximate surface area is 126 Å². The maximum Gasteiger partial charge on any atom is 0.228 e. The molecule has 0 aromatic carbocycles. The van der Waals surface area contributed by atoms with Crippen LogP contribution < -0.4 is 11.1 Å². The molecule has 3 N–H and O–H groups in total. The van der Waals surface area contributed by atoms with Gasteiger partial charge in [0.25, 0.3) is 0 Å². The highest BCUT2D eigenvalue weighted by molar-refractivity contribution is 5.82. The van der Waals surface area contributed by atoms with E-state index in [-0.39, 0.29) is 29.8 Å². The Morgan fingerprint density at radius 3 is 2.90 bits per heavy atom. The van der Waals surface area contributed by atoms with Gasteiger partial charge in [-0.25, -0.2) is 0 Å². The van der Waals surface area contributed by atoms with Crippen molar-refractivity contribution in [2.75, 3.05) is 32.8 Å². The lowest BCUT2D eigenvalue weighted by atomic mass is 9.93. The molecule has 2 saturated heterocycles. The average molecular weight is 297 g/mol. The van der Waals surface area contributed by atoms with Crippen molar-refractivity contribution in [2.45, 2.75) is 38.7 Å². The lowest BCUT2D eigenvalue weighted by molar-refractivity contribution is -0.140. The first-order valence-electron chi connectivity index (χ1n) is 8.05. The first kappa shape index (κ1) is 16.2. The molecule has 0 saturated carbocycles. The molecule has 120 valence electrons. The van der Waals surface area contributed by atoms with Crippen LogP contribution in [0.15, 0.2) is 0 Å². The summed E-state index contributed by atoms with van der Waals surface area (Å²) < 4.78 is 5.61. The number of nitrogens with one attached hydrogen (secondary N) is 1. The van der Waals surface area contributed by atoms with Crippen LogP contribution in [-0.2, 0) is 14.3 Å². The third-order valence-electron chi connectivity index (χ3n) is 4.48. The van der Waals surface area contributed by atoms with Crippen molar-refractivity contribution < 1.29 is 14.3 Å². The van der Waals surface area contributed by atoms with Crippen LogP contribution in [0.1, 0.15) is 32.6 Å². The van der Waals surface area contributed by atoms with Gasteiger partial charge in [-0.3, -0.25) is 9.59 Å². The Morgan fingerprint density at radius 2 is 2.19 bits per heavy atom. The summed E-state index contributed by atoms with van der Waals surface area (Å²) in [6.45, 7) is 4.95. The highest BCUT2D eigenvalue weighted by Crippen LogP contribution is 2.27. The van der Waals surface area contributed by atoms with Gasteiger partial charge in [0, 0.05) is 32.8 Å². The third kappa shape index (κ3) is 3.95. The summed E-state index contributed by atoms with van der Waals surface area (Å²) in [6.07, 6.45) is 3.45. The van der Waals surface area contributed by atoms with Crippen molar-refractivity contribution in [2.24, 2.45) is 17.6 Å². The normalized spacial score (nSPS) is 29.4. The number of carbonyl (C=O) groups excluding carboxylic acids is 2. The van der Waals surface area contributed by atoms with E-state index in [4.69, 9.17) is 10.5 Å². The molecule has 2 rings (SSSR count). The summed E-state index contributed by atoms with van der Waals surface area (Å²) in [5, 5.41) is 2.82. The Balaban J connectivity index is 1.91. The molecule has 2 aliphatic heterocycles. The Hall–Kier alpha value is -1.14. The molecule has 6 nitrogen and oxygen atoms in total. The molecule has 0 aliphatic carbocycles. The van der Waals surface area contributed by atoms with Crippen LogP contribution in [0, 0.1) is 11.8 Å². The number of likely N-dealkylation sites (tertiary alicyclic amines) is 1. The van der Waals surface area contributed by atoms with Crippen molar-refractivity contribution in [3.05, 3.63) is 0 Å². The fraction of sp³-hybridized carbons (Fsp3) is 0.867. The van der Waals surface area contributed by atoms with Crippen LogP contribution in [0.4, 0.5) is 0 Å². The summed E-state index contributed by atoms with van der Waals surface area (Å²) in [7, 11) is 0. The van der Waals surface area contributed by atoms with Gasteiger partial charge in [0.05, 0.1) is 17.9 Å². The number of hydrogen-bond acceptors (Lipinski definition) is 4. The van der Waals surface area contributed by atoms with E-state index in [2.05, 4.69) is 12.2 Å². The van der Waals surface area contributed by atoms with E-state index in [1.807, 2.05) is 4.90 Å². The van der Waals surface area contributed by atoms with E-state index in [1.165, 1.54) is 0 Å². The van der Waals surface area contributed by atoms with Crippen LogP contribution in [0.3, 0.4) is 0 Å². The number of hydrogen-bond donors (Lipinski definition) is 2. The predicted molar refractivity (Wildman–Crippen MR) is 79.5 cm³/mol. The zero-order valence-electron chi connectivity index (χ0n) is 12.8. The highest BCUT2D eigenvalue weighted by Gasteiger charge is 2.37. The minimum Gasteiger partial charge on any atom is -0.377 e. The summed E-state index contributed by atoms with van der Waals surface area (Å²) >= 11 is 0. The van der Waals surface area contributed by atoms with Gasteiger partial charge < -0.3 is 20.7 Å². The van der Waals surface area contributed by atoms with Gasteiger partial charge in [-0.2, -0.15) is 0 Å². The molecule has 3 atom stereocenters. The molecule has 6 heteroatoms. The maximum absolute atomic E-state index is 12.6. The first-order valence-corrected chi connectivity index (χ1v) is 8.05. The standard InChI is InChI=1S/C15H27N3O3/c1-2-13-12(5-9-21-13)15(20)18-8-3-4-11(10-18)14(19)17-7-6-16/h11-13H,2-10,16H2,1H3,(H,17,19). The van der Waals surface area contributed by atoms with Gasteiger partial charge in [0.2, 0.25) is 11.8 Å². The second kappa shape index (κ2) is 7.75.